The minimum Gasteiger partial charge on any atom is -0.489 e. The van der Waals surface area contributed by atoms with Crippen LogP contribution in [0.3, 0.4) is 0 Å². The van der Waals surface area contributed by atoms with Gasteiger partial charge in [0.15, 0.2) is 5.76 Å². The molecule has 0 atom stereocenters. The second-order valence-electron chi connectivity index (χ2n) is 9.14. The Morgan fingerprint density at radius 3 is 2.41 bits per heavy atom. The fourth-order valence-electron chi connectivity index (χ4n) is 4.34. The van der Waals surface area contributed by atoms with Gasteiger partial charge in [-0.05, 0) is 55.3 Å². The fourth-order valence-corrected chi connectivity index (χ4v) is 5.18. The predicted octanol–water partition coefficient (Wildman–Crippen LogP) is 8.78. The molecule has 0 aliphatic heterocycles. The molecular formula is C29H19Cl3N2O5. The van der Waals surface area contributed by atoms with Crippen molar-refractivity contribution in [1.29, 1.82) is 0 Å². The Kier molecular flexibility index (Phi) is 6.81. The number of hydrogen-bond donors (Lipinski definition) is 1. The van der Waals surface area contributed by atoms with Crippen LogP contribution in [0.2, 0.25) is 15.1 Å². The van der Waals surface area contributed by atoms with Gasteiger partial charge >= 0.3 is 5.97 Å². The van der Waals surface area contributed by atoms with Crippen LogP contribution in [0.15, 0.2) is 75.8 Å². The topological polar surface area (TPSA) is 98.6 Å². The fraction of sp³-hybridized carbons (Fsp3) is 0.138. The third-order valence-electron chi connectivity index (χ3n) is 6.47. The summed E-state index contributed by atoms with van der Waals surface area (Å²) < 4.78 is 17.3. The van der Waals surface area contributed by atoms with Crippen LogP contribution in [-0.4, -0.2) is 21.4 Å². The number of nitrogens with zero attached hydrogens (tertiary/aromatic N) is 2. The van der Waals surface area contributed by atoms with Gasteiger partial charge in [0.05, 0.1) is 26.2 Å². The van der Waals surface area contributed by atoms with Gasteiger partial charge in [-0.2, -0.15) is 0 Å². The Bertz CT molecular complexity index is 1690. The summed E-state index contributed by atoms with van der Waals surface area (Å²) in [6.45, 7) is 0.189. The standard InChI is InChI=1S/C29H19Cl3N2O5/c30-21-5-2-6-22(31)26(21)27-20(28(39-34-27)15-7-8-15)14-37-18-9-10-19(23(32)12-18)25-13-24(33-38-25)16-3-1-4-17(11-16)29(35)36/h1-6,9-13,15H,7-8,14H2,(H,35,36). The largest absolute Gasteiger partial charge is 0.489 e. The SMILES string of the molecule is O=C(O)c1cccc(-c2cc(-c3ccc(OCc4c(-c5c(Cl)cccc5Cl)noc4C4CC4)cc3Cl)on2)c1. The molecule has 39 heavy (non-hydrogen) atoms. The van der Waals surface area contributed by atoms with E-state index in [0.29, 0.717) is 60.6 Å². The number of hydrogen-bond acceptors (Lipinski definition) is 6. The summed E-state index contributed by atoms with van der Waals surface area (Å²) in [7, 11) is 0. The molecule has 1 N–H and O–H groups in total. The average Bonchev–Trinajstić information content (AvgIpc) is 3.50. The lowest BCUT2D eigenvalue weighted by Gasteiger charge is -2.10. The van der Waals surface area contributed by atoms with Crippen LogP contribution < -0.4 is 4.74 Å². The molecule has 0 unspecified atom stereocenters. The van der Waals surface area contributed by atoms with E-state index >= 15 is 0 Å². The zero-order valence-electron chi connectivity index (χ0n) is 20.2. The normalized spacial score (nSPS) is 13.0. The summed E-state index contributed by atoms with van der Waals surface area (Å²) in [6, 6.07) is 18.7. The van der Waals surface area contributed by atoms with Gasteiger partial charge in [0.2, 0.25) is 0 Å². The van der Waals surface area contributed by atoms with Gasteiger partial charge in [0.25, 0.3) is 0 Å². The lowest BCUT2D eigenvalue weighted by molar-refractivity contribution is 0.0697. The van der Waals surface area contributed by atoms with E-state index in [0.717, 1.165) is 24.2 Å². The molecule has 2 heterocycles. The number of aromatic carboxylic acids is 1. The minimum atomic E-state index is -1.02. The van der Waals surface area contributed by atoms with Crippen molar-refractivity contribution in [2.45, 2.75) is 25.4 Å². The molecule has 0 radical (unpaired) electrons. The number of carboxylic acid groups (broad SMARTS) is 1. The van der Waals surface area contributed by atoms with Gasteiger partial charge in [-0.15, -0.1) is 0 Å². The molecule has 7 nitrogen and oxygen atoms in total. The number of rotatable bonds is 8. The Morgan fingerprint density at radius 2 is 1.69 bits per heavy atom. The quantitative estimate of drug-likeness (QED) is 0.195. The molecule has 0 amide bonds. The molecule has 6 rings (SSSR count). The Morgan fingerprint density at radius 1 is 0.923 bits per heavy atom. The molecule has 196 valence electrons. The molecule has 2 aromatic heterocycles. The summed E-state index contributed by atoms with van der Waals surface area (Å²) >= 11 is 19.5. The summed E-state index contributed by atoms with van der Waals surface area (Å²) in [5.41, 5.74) is 3.87. The first-order valence-corrected chi connectivity index (χ1v) is 13.2. The number of halogens is 3. The van der Waals surface area contributed by atoms with Gasteiger partial charge in [-0.25, -0.2) is 4.79 Å². The first kappa shape index (κ1) is 25.5. The van der Waals surface area contributed by atoms with E-state index in [-0.39, 0.29) is 12.2 Å². The summed E-state index contributed by atoms with van der Waals surface area (Å²) in [5.74, 6) is 1.04. The van der Waals surface area contributed by atoms with E-state index in [1.54, 1.807) is 54.6 Å². The van der Waals surface area contributed by atoms with E-state index in [9.17, 15) is 9.90 Å². The van der Waals surface area contributed by atoms with Crippen molar-refractivity contribution < 1.29 is 23.7 Å². The van der Waals surface area contributed by atoms with Crippen LogP contribution in [0, 0.1) is 0 Å². The third kappa shape index (κ3) is 5.13. The minimum absolute atomic E-state index is 0.161. The highest BCUT2D eigenvalue weighted by molar-refractivity contribution is 6.39. The molecule has 1 aliphatic rings. The summed E-state index contributed by atoms with van der Waals surface area (Å²) in [4.78, 5) is 11.3. The van der Waals surface area contributed by atoms with Crippen molar-refractivity contribution in [2.24, 2.45) is 0 Å². The Hall–Kier alpha value is -3.78. The van der Waals surface area contributed by atoms with Crippen molar-refractivity contribution in [3.8, 4) is 39.6 Å². The smallest absolute Gasteiger partial charge is 0.335 e. The Labute approximate surface area is 237 Å². The molecule has 0 saturated heterocycles. The molecule has 10 heteroatoms. The lowest BCUT2D eigenvalue weighted by atomic mass is 10.0. The van der Waals surface area contributed by atoms with Crippen molar-refractivity contribution in [1.82, 2.24) is 10.3 Å². The van der Waals surface area contributed by atoms with E-state index in [1.165, 1.54) is 12.1 Å². The van der Waals surface area contributed by atoms with Gasteiger partial charge in [-0.1, -0.05) is 63.3 Å². The van der Waals surface area contributed by atoms with Crippen LogP contribution in [0.25, 0.3) is 33.8 Å². The van der Waals surface area contributed by atoms with E-state index in [2.05, 4.69) is 10.3 Å². The van der Waals surface area contributed by atoms with Crippen molar-refractivity contribution >= 4 is 40.8 Å². The number of aromatic nitrogens is 2. The highest BCUT2D eigenvalue weighted by Gasteiger charge is 2.33. The summed E-state index contributed by atoms with van der Waals surface area (Å²) in [5, 5.41) is 19.0. The lowest BCUT2D eigenvalue weighted by Crippen LogP contribution is -2.00. The van der Waals surface area contributed by atoms with Gasteiger partial charge in [0, 0.05) is 28.7 Å². The number of carboxylic acids is 1. The average molecular weight is 582 g/mol. The van der Waals surface area contributed by atoms with Crippen LogP contribution in [0.5, 0.6) is 5.75 Å². The number of benzene rings is 3. The first-order chi connectivity index (χ1) is 18.9. The third-order valence-corrected chi connectivity index (χ3v) is 7.41. The van der Waals surface area contributed by atoms with Gasteiger partial charge in [-0.3, -0.25) is 0 Å². The van der Waals surface area contributed by atoms with Gasteiger partial charge in [0.1, 0.15) is 29.5 Å². The zero-order valence-corrected chi connectivity index (χ0v) is 22.4. The van der Waals surface area contributed by atoms with Crippen LogP contribution in [0.4, 0.5) is 0 Å². The predicted molar refractivity (Wildman–Crippen MR) is 148 cm³/mol. The monoisotopic (exact) mass is 580 g/mol. The van der Waals surface area contributed by atoms with E-state index < -0.39 is 5.97 Å². The van der Waals surface area contributed by atoms with Crippen LogP contribution in [0.1, 0.15) is 40.4 Å². The maximum absolute atomic E-state index is 11.3. The molecule has 5 aromatic rings. The van der Waals surface area contributed by atoms with Crippen LogP contribution in [-0.2, 0) is 6.61 Å². The second-order valence-corrected chi connectivity index (χ2v) is 10.4. The van der Waals surface area contributed by atoms with Gasteiger partial charge < -0.3 is 18.9 Å². The molecule has 0 bridgehead atoms. The first-order valence-electron chi connectivity index (χ1n) is 12.0. The van der Waals surface area contributed by atoms with Crippen molar-refractivity contribution in [3.63, 3.8) is 0 Å². The molecule has 3 aromatic carbocycles. The maximum Gasteiger partial charge on any atom is 0.335 e. The Balaban J connectivity index is 1.24. The zero-order chi connectivity index (χ0) is 27.1. The molecule has 1 saturated carbocycles. The highest BCUT2D eigenvalue weighted by Crippen LogP contribution is 2.46. The molecule has 1 aliphatic carbocycles. The summed E-state index contributed by atoms with van der Waals surface area (Å²) in [6.07, 6.45) is 2.05. The number of carbonyl (C=O) groups is 1. The second kappa shape index (κ2) is 10.4. The molecular weight excluding hydrogens is 563 g/mol. The maximum atomic E-state index is 11.3. The van der Waals surface area contributed by atoms with E-state index in [4.69, 9.17) is 48.6 Å². The number of ether oxygens (including phenoxy) is 1. The van der Waals surface area contributed by atoms with E-state index in [1.807, 2.05) is 0 Å². The van der Waals surface area contributed by atoms with Crippen molar-refractivity contribution in [2.75, 3.05) is 0 Å². The molecule has 1 fully saturated rings. The molecule has 0 spiro atoms. The van der Waals surface area contributed by atoms with Crippen molar-refractivity contribution in [3.05, 3.63) is 98.7 Å². The van der Waals surface area contributed by atoms with Crippen LogP contribution >= 0.6 is 34.8 Å². The highest BCUT2D eigenvalue weighted by atomic mass is 35.5.